The maximum atomic E-state index is 12.2. The maximum absolute atomic E-state index is 12.2. The van der Waals surface area contributed by atoms with Gasteiger partial charge in [0.25, 0.3) is 0 Å². The second-order valence-electron chi connectivity index (χ2n) is 4.98. The zero-order valence-corrected chi connectivity index (χ0v) is 12.7. The molecule has 0 fully saturated rings. The second-order valence-corrected chi connectivity index (χ2v) is 4.98. The first-order valence-electron chi connectivity index (χ1n) is 7.28. The van der Waals surface area contributed by atoms with Gasteiger partial charge in [-0.3, -0.25) is 9.78 Å². The Morgan fingerprint density at radius 2 is 1.83 bits per heavy atom. The molecule has 0 bridgehead atoms. The number of carbonyl (C=O) groups is 1. The highest BCUT2D eigenvalue weighted by Gasteiger charge is 2.08. The van der Waals surface area contributed by atoms with Crippen LogP contribution < -0.4 is 15.4 Å². The highest BCUT2D eigenvalue weighted by molar-refractivity contribution is 6.01. The molecular formula is C18H17N3O2. The molecule has 116 valence electrons. The van der Waals surface area contributed by atoms with Crippen molar-refractivity contribution in [1.82, 2.24) is 4.98 Å². The van der Waals surface area contributed by atoms with Crippen molar-refractivity contribution < 1.29 is 9.53 Å². The van der Waals surface area contributed by atoms with E-state index in [0.29, 0.717) is 11.4 Å². The average Bonchev–Trinajstić information content (AvgIpc) is 2.60. The number of pyridine rings is 1. The summed E-state index contributed by atoms with van der Waals surface area (Å²) in [6.07, 6.45) is 1.71. The molecule has 23 heavy (non-hydrogen) atoms. The van der Waals surface area contributed by atoms with E-state index in [1.54, 1.807) is 13.3 Å². The van der Waals surface area contributed by atoms with Crippen molar-refractivity contribution in [3.63, 3.8) is 0 Å². The number of rotatable bonds is 5. The van der Waals surface area contributed by atoms with Gasteiger partial charge in [0.05, 0.1) is 30.5 Å². The number of fused-ring (bicyclic) bond motifs is 1. The zero-order valence-electron chi connectivity index (χ0n) is 12.7. The van der Waals surface area contributed by atoms with Crippen LogP contribution >= 0.6 is 0 Å². The van der Waals surface area contributed by atoms with Crippen LogP contribution in [0, 0.1) is 0 Å². The van der Waals surface area contributed by atoms with Gasteiger partial charge in [0.15, 0.2) is 0 Å². The van der Waals surface area contributed by atoms with E-state index in [-0.39, 0.29) is 12.5 Å². The highest BCUT2D eigenvalue weighted by atomic mass is 16.5. The Morgan fingerprint density at radius 3 is 2.70 bits per heavy atom. The fraction of sp³-hybridized carbons (Fsp3) is 0.111. The largest absolute Gasteiger partial charge is 0.495 e. The number of amides is 1. The number of hydrogen-bond acceptors (Lipinski definition) is 4. The second kappa shape index (κ2) is 6.79. The summed E-state index contributed by atoms with van der Waals surface area (Å²) in [5.74, 6) is 0.557. The minimum absolute atomic E-state index is 0.142. The quantitative estimate of drug-likeness (QED) is 0.759. The molecular weight excluding hydrogens is 290 g/mol. The van der Waals surface area contributed by atoms with Crippen LogP contribution in [-0.4, -0.2) is 24.5 Å². The van der Waals surface area contributed by atoms with Crippen LogP contribution in [0.2, 0.25) is 0 Å². The number of carbonyl (C=O) groups excluding carboxylic acids is 1. The monoisotopic (exact) mass is 307 g/mol. The van der Waals surface area contributed by atoms with Crippen LogP contribution in [0.5, 0.6) is 5.75 Å². The summed E-state index contributed by atoms with van der Waals surface area (Å²) in [7, 11) is 1.60. The van der Waals surface area contributed by atoms with Crippen LogP contribution in [0.3, 0.4) is 0 Å². The summed E-state index contributed by atoms with van der Waals surface area (Å²) in [5.41, 5.74) is 2.26. The molecule has 1 heterocycles. The van der Waals surface area contributed by atoms with Crippen LogP contribution in [0.15, 0.2) is 60.8 Å². The number of methoxy groups -OCH3 is 1. The summed E-state index contributed by atoms with van der Waals surface area (Å²) < 4.78 is 5.25. The molecule has 5 heteroatoms. The summed E-state index contributed by atoms with van der Waals surface area (Å²) in [6, 6.07) is 17.0. The average molecular weight is 307 g/mol. The lowest BCUT2D eigenvalue weighted by Crippen LogP contribution is -2.22. The lowest BCUT2D eigenvalue weighted by Gasteiger charge is -2.11. The van der Waals surface area contributed by atoms with Gasteiger partial charge in [0.2, 0.25) is 5.91 Å². The van der Waals surface area contributed by atoms with Crippen molar-refractivity contribution in [2.24, 2.45) is 0 Å². The minimum atomic E-state index is -0.144. The highest BCUT2D eigenvalue weighted by Crippen LogP contribution is 2.23. The Morgan fingerprint density at radius 1 is 1.04 bits per heavy atom. The molecule has 2 N–H and O–H groups in total. The van der Waals surface area contributed by atoms with Crippen molar-refractivity contribution in [3.05, 3.63) is 60.8 Å². The zero-order chi connectivity index (χ0) is 16.1. The van der Waals surface area contributed by atoms with Crippen LogP contribution in [0.25, 0.3) is 10.9 Å². The Hall–Kier alpha value is -3.08. The summed E-state index contributed by atoms with van der Waals surface area (Å²) in [5, 5.41) is 6.95. The standard InChI is InChI=1S/C18H17N3O2/c1-23-16-10-3-2-8-14(16)20-12-17(22)21-15-9-4-6-13-7-5-11-19-18(13)15/h2-11,20H,12H2,1H3,(H,21,22). The number of benzene rings is 2. The predicted octanol–water partition coefficient (Wildman–Crippen LogP) is 3.29. The third-order valence-electron chi connectivity index (χ3n) is 3.45. The van der Waals surface area contributed by atoms with Gasteiger partial charge in [-0.2, -0.15) is 0 Å². The maximum Gasteiger partial charge on any atom is 0.243 e. The fourth-order valence-corrected chi connectivity index (χ4v) is 2.37. The van der Waals surface area contributed by atoms with Crippen molar-refractivity contribution in [2.75, 3.05) is 24.3 Å². The van der Waals surface area contributed by atoms with E-state index < -0.39 is 0 Å². The van der Waals surface area contributed by atoms with Gasteiger partial charge in [0, 0.05) is 11.6 Å². The first-order valence-corrected chi connectivity index (χ1v) is 7.28. The topological polar surface area (TPSA) is 63.2 Å². The number of para-hydroxylation sites is 3. The van der Waals surface area contributed by atoms with Gasteiger partial charge in [-0.25, -0.2) is 0 Å². The summed E-state index contributed by atoms with van der Waals surface area (Å²) >= 11 is 0. The van der Waals surface area contributed by atoms with E-state index in [1.165, 1.54) is 0 Å². The molecule has 0 aliphatic heterocycles. The SMILES string of the molecule is COc1ccccc1NCC(=O)Nc1cccc2cccnc12. The number of nitrogens with one attached hydrogen (secondary N) is 2. The van der Waals surface area contributed by atoms with Crippen molar-refractivity contribution >= 4 is 28.2 Å². The number of anilines is 2. The first kappa shape index (κ1) is 14.8. The Kier molecular flexibility index (Phi) is 4.38. The van der Waals surface area contributed by atoms with Gasteiger partial charge in [-0.05, 0) is 24.3 Å². The molecule has 3 rings (SSSR count). The van der Waals surface area contributed by atoms with Crippen molar-refractivity contribution in [2.45, 2.75) is 0 Å². The van der Waals surface area contributed by atoms with Gasteiger partial charge >= 0.3 is 0 Å². The van der Waals surface area contributed by atoms with E-state index in [1.807, 2.05) is 54.6 Å². The Balaban J connectivity index is 1.69. The minimum Gasteiger partial charge on any atom is -0.495 e. The molecule has 1 amide bonds. The number of hydrogen-bond donors (Lipinski definition) is 2. The van der Waals surface area contributed by atoms with E-state index in [0.717, 1.165) is 16.6 Å². The van der Waals surface area contributed by atoms with Gasteiger partial charge < -0.3 is 15.4 Å². The molecule has 0 saturated heterocycles. The fourth-order valence-electron chi connectivity index (χ4n) is 2.37. The normalized spacial score (nSPS) is 10.3. The van der Waals surface area contributed by atoms with E-state index in [9.17, 15) is 4.79 Å². The van der Waals surface area contributed by atoms with Crippen molar-refractivity contribution in [3.8, 4) is 5.75 Å². The molecule has 0 aliphatic carbocycles. The Bertz CT molecular complexity index is 828. The van der Waals surface area contributed by atoms with Crippen LogP contribution in [-0.2, 0) is 4.79 Å². The number of aromatic nitrogens is 1. The van der Waals surface area contributed by atoms with Gasteiger partial charge in [0.1, 0.15) is 5.75 Å². The van der Waals surface area contributed by atoms with Crippen molar-refractivity contribution in [1.29, 1.82) is 0 Å². The predicted molar refractivity (Wildman–Crippen MR) is 91.9 cm³/mol. The molecule has 0 atom stereocenters. The third kappa shape index (κ3) is 3.40. The van der Waals surface area contributed by atoms with Gasteiger partial charge in [-0.15, -0.1) is 0 Å². The molecule has 0 spiro atoms. The van der Waals surface area contributed by atoms with E-state index in [2.05, 4.69) is 15.6 Å². The molecule has 0 radical (unpaired) electrons. The third-order valence-corrected chi connectivity index (χ3v) is 3.45. The van der Waals surface area contributed by atoms with Gasteiger partial charge in [-0.1, -0.05) is 30.3 Å². The molecule has 0 unspecified atom stereocenters. The van der Waals surface area contributed by atoms with Crippen LogP contribution in [0.4, 0.5) is 11.4 Å². The summed E-state index contributed by atoms with van der Waals surface area (Å²) in [4.78, 5) is 16.5. The van der Waals surface area contributed by atoms with Crippen LogP contribution in [0.1, 0.15) is 0 Å². The first-order chi connectivity index (χ1) is 11.3. The Labute approximate surface area is 134 Å². The smallest absolute Gasteiger partial charge is 0.243 e. The lowest BCUT2D eigenvalue weighted by atomic mass is 10.2. The number of ether oxygens (including phenoxy) is 1. The summed E-state index contributed by atoms with van der Waals surface area (Å²) in [6.45, 7) is 0.142. The number of nitrogens with zero attached hydrogens (tertiary/aromatic N) is 1. The lowest BCUT2D eigenvalue weighted by molar-refractivity contribution is -0.114. The molecule has 5 nitrogen and oxygen atoms in total. The molecule has 3 aromatic rings. The molecule has 1 aromatic heterocycles. The molecule has 0 aliphatic rings. The molecule has 0 saturated carbocycles. The van der Waals surface area contributed by atoms with E-state index in [4.69, 9.17) is 4.74 Å². The van der Waals surface area contributed by atoms with E-state index >= 15 is 0 Å². The molecule has 2 aromatic carbocycles.